The number of carbonyl (C=O) groups is 2. The molecule has 2 aromatic carbocycles. The third-order valence-electron chi connectivity index (χ3n) is 7.73. The zero-order valence-electron chi connectivity index (χ0n) is 22.9. The SMILES string of the molecule is CCOc1c(OC)cccc1[C@H]1CN2C(=O)CN(CCCOC(C)C)C(=O)[C@]2(C)c2[nH]c3ccccc3c21. The Morgan fingerprint density at radius 3 is 2.66 bits per heavy atom. The number of methoxy groups -OCH3 is 1. The van der Waals surface area contributed by atoms with E-state index in [1.807, 2.05) is 64.1 Å². The van der Waals surface area contributed by atoms with Crippen molar-refractivity contribution < 1.29 is 23.8 Å². The van der Waals surface area contributed by atoms with Crippen molar-refractivity contribution in [3.05, 3.63) is 59.3 Å². The summed E-state index contributed by atoms with van der Waals surface area (Å²) in [6.45, 7) is 9.74. The first-order chi connectivity index (χ1) is 18.3. The molecular formula is C30H37N3O5. The lowest BCUT2D eigenvalue weighted by molar-refractivity contribution is -0.166. The van der Waals surface area contributed by atoms with Crippen molar-refractivity contribution in [2.45, 2.75) is 51.7 Å². The Morgan fingerprint density at radius 2 is 1.92 bits per heavy atom. The van der Waals surface area contributed by atoms with Gasteiger partial charge in [0.2, 0.25) is 5.91 Å². The Labute approximate surface area is 223 Å². The van der Waals surface area contributed by atoms with E-state index in [0.29, 0.717) is 44.2 Å². The average molecular weight is 520 g/mol. The molecule has 0 radical (unpaired) electrons. The average Bonchev–Trinajstić information content (AvgIpc) is 3.30. The standard InChI is InChI=1S/C30H37N3O5/c1-6-37-27-20(12-9-14-24(27)36-5)22-17-33-25(34)18-32(15-10-16-38-19(2)3)29(35)30(33,4)28-26(22)21-11-7-8-13-23(21)31-28/h7-9,11-14,19,22,31H,6,10,15-18H2,1-5H3/t22-,30+/m1/s1. The number of fused-ring (bicyclic) bond motifs is 5. The first kappa shape index (κ1) is 26.1. The van der Waals surface area contributed by atoms with Gasteiger partial charge in [-0.1, -0.05) is 30.3 Å². The molecule has 3 heterocycles. The first-order valence-corrected chi connectivity index (χ1v) is 13.4. The van der Waals surface area contributed by atoms with E-state index in [0.717, 1.165) is 27.7 Å². The van der Waals surface area contributed by atoms with Crippen LogP contribution in [-0.2, 0) is 19.9 Å². The van der Waals surface area contributed by atoms with Crippen LogP contribution in [0.5, 0.6) is 11.5 Å². The van der Waals surface area contributed by atoms with Gasteiger partial charge < -0.3 is 29.0 Å². The van der Waals surface area contributed by atoms with Gasteiger partial charge >= 0.3 is 0 Å². The monoisotopic (exact) mass is 519 g/mol. The number of amides is 2. The van der Waals surface area contributed by atoms with E-state index in [1.165, 1.54) is 0 Å². The Hall–Kier alpha value is -3.52. The summed E-state index contributed by atoms with van der Waals surface area (Å²) in [5.74, 6) is 0.990. The van der Waals surface area contributed by atoms with Crippen LogP contribution in [0.1, 0.15) is 56.9 Å². The van der Waals surface area contributed by atoms with Crippen molar-refractivity contribution in [1.82, 2.24) is 14.8 Å². The van der Waals surface area contributed by atoms with Crippen molar-refractivity contribution >= 4 is 22.7 Å². The van der Waals surface area contributed by atoms with Gasteiger partial charge in [-0.2, -0.15) is 0 Å². The lowest BCUT2D eigenvalue weighted by atomic mass is 9.76. The lowest BCUT2D eigenvalue weighted by Crippen LogP contribution is -2.67. The molecule has 2 aliphatic rings. The fourth-order valence-corrected chi connectivity index (χ4v) is 5.98. The smallest absolute Gasteiger partial charge is 0.254 e. The normalized spacial score (nSPS) is 21.2. The molecule has 1 saturated heterocycles. The van der Waals surface area contributed by atoms with Crippen LogP contribution < -0.4 is 9.47 Å². The van der Waals surface area contributed by atoms with Crippen molar-refractivity contribution in [2.24, 2.45) is 0 Å². The quantitative estimate of drug-likeness (QED) is 0.423. The molecule has 8 heteroatoms. The molecule has 202 valence electrons. The summed E-state index contributed by atoms with van der Waals surface area (Å²) < 4.78 is 17.4. The summed E-state index contributed by atoms with van der Waals surface area (Å²) in [7, 11) is 1.63. The maximum atomic E-state index is 14.1. The largest absolute Gasteiger partial charge is 0.493 e. The maximum Gasteiger partial charge on any atom is 0.254 e. The third-order valence-corrected chi connectivity index (χ3v) is 7.73. The minimum atomic E-state index is -1.14. The highest BCUT2D eigenvalue weighted by Crippen LogP contribution is 2.50. The Balaban J connectivity index is 1.63. The Kier molecular flexibility index (Phi) is 7.09. The van der Waals surface area contributed by atoms with Gasteiger partial charge in [0.1, 0.15) is 0 Å². The molecule has 0 bridgehead atoms. The van der Waals surface area contributed by atoms with Gasteiger partial charge in [0.25, 0.3) is 5.91 Å². The van der Waals surface area contributed by atoms with Gasteiger partial charge in [-0.3, -0.25) is 9.59 Å². The number of hydrogen-bond donors (Lipinski definition) is 1. The number of para-hydroxylation sites is 2. The first-order valence-electron chi connectivity index (χ1n) is 13.4. The van der Waals surface area contributed by atoms with E-state index in [-0.39, 0.29) is 30.4 Å². The minimum Gasteiger partial charge on any atom is -0.493 e. The molecule has 0 spiro atoms. The van der Waals surface area contributed by atoms with Crippen molar-refractivity contribution in [1.29, 1.82) is 0 Å². The number of benzene rings is 2. The van der Waals surface area contributed by atoms with Crippen molar-refractivity contribution in [3.8, 4) is 11.5 Å². The van der Waals surface area contributed by atoms with E-state index >= 15 is 0 Å². The molecular weight excluding hydrogens is 482 g/mol. The number of aromatic nitrogens is 1. The molecule has 0 aliphatic carbocycles. The number of ether oxygens (including phenoxy) is 3. The molecule has 2 aliphatic heterocycles. The molecule has 2 atom stereocenters. The van der Waals surface area contributed by atoms with Crippen LogP contribution in [0.15, 0.2) is 42.5 Å². The molecule has 1 N–H and O–H groups in total. The fourth-order valence-electron chi connectivity index (χ4n) is 5.98. The molecule has 0 saturated carbocycles. The highest BCUT2D eigenvalue weighted by atomic mass is 16.5. The zero-order chi connectivity index (χ0) is 27.0. The molecule has 1 aromatic heterocycles. The molecule has 38 heavy (non-hydrogen) atoms. The third kappa shape index (κ3) is 4.21. The predicted octanol–water partition coefficient (Wildman–Crippen LogP) is 4.42. The van der Waals surface area contributed by atoms with Gasteiger partial charge in [0.15, 0.2) is 17.0 Å². The Bertz CT molecular complexity index is 1350. The predicted molar refractivity (Wildman–Crippen MR) is 146 cm³/mol. The fraction of sp³-hybridized carbons (Fsp3) is 0.467. The summed E-state index contributed by atoms with van der Waals surface area (Å²) in [6.07, 6.45) is 0.806. The van der Waals surface area contributed by atoms with Crippen LogP contribution in [-0.4, -0.2) is 72.7 Å². The lowest BCUT2D eigenvalue weighted by Gasteiger charge is -2.51. The molecule has 3 aromatic rings. The van der Waals surface area contributed by atoms with Gasteiger partial charge in [0.05, 0.1) is 32.1 Å². The molecule has 8 nitrogen and oxygen atoms in total. The number of rotatable bonds is 9. The number of piperazine rings is 1. The van der Waals surface area contributed by atoms with Gasteiger partial charge in [-0.15, -0.1) is 0 Å². The second-order valence-electron chi connectivity index (χ2n) is 10.4. The summed E-state index contributed by atoms with van der Waals surface area (Å²) in [5, 5.41) is 1.04. The second kappa shape index (κ2) is 10.3. The van der Waals surface area contributed by atoms with E-state index in [4.69, 9.17) is 14.2 Å². The number of aromatic amines is 1. The van der Waals surface area contributed by atoms with E-state index in [9.17, 15) is 9.59 Å². The van der Waals surface area contributed by atoms with Crippen molar-refractivity contribution in [2.75, 3.05) is 40.0 Å². The molecule has 0 unspecified atom stereocenters. The number of nitrogens with one attached hydrogen (secondary N) is 1. The summed E-state index contributed by atoms with van der Waals surface area (Å²) in [5.41, 5.74) is 2.53. The number of nitrogens with zero attached hydrogens (tertiary/aromatic N) is 2. The van der Waals surface area contributed by atoms with Gasteiger partial charge in [-0.05, 0) is 51.8 Å². The topological polar surface area (TPSA) is 84.1 Å². The number of H-pyrrole nitrogens is 1. The van der Waals surface area contributed by atoms with Crippen LogP contribution in [0, 0.1) is 0 Å². The number of carbonyl (C=O) groups excluding carboxylic acids is 2. The minimum absolute atomic E-state index is 0.0629. The van der Waals surface area contributed by atoms with Gasteiger partial charge in [-0.25, -0.2) is 0 Å². The van der Waals surface area contributed by atoms with Crippen LogP contribution in [0.3, 0.4) is 0 Å². The summed E-state index contributed by atoms with van der Waals surface area (Å²) >= 11 is 0. The highest BCUT2D eigenvalue weighted by molar-refractivity contribution is 6.01. The van der Waals surface area contributed by atoms with E-state index in [2.05, 4.69) is 11.1 Å². The summed E-state index contributed by atoms with van der Waals surface area (Å²) in [6, 6.07) is 13.9. The van der Waals surface area contributed by atoms with Gasteiger partial charge in [0, 0.05) is 42.1 Å². The maximum absolute atomic E-state index is 14.1. The van der Waals surface area contributed by atoms with E-state index in [1.54, 1.807) is 16.9 Å². The molecule has 2 amide bonds. The van der Waals surface area contributed by atoms with Crippen molar-refractivity contribution in [3.63, 3.8) is 0 Å². The zero-order valence-corrected chi connectivity index (χ0v) is 22.9. The number of hydrogen-bond acceptors (Lipinski definition) is 5. The van der Waals surface area contributed by atoms with Crippen LogP contribution >= 0.6 is 0 Å². The highest BCUT2D eigenvalue weighted by Gasteiger charge is 2.56. The molecule has 5 rings (SSSR count). The van der Waals surface area contributed by atoms with E-state index < -0.39 is 5.54 Å². The molecule has 1 fully saturated rings. The van der Waals surface area contributed by atoms with Crippen LogP contribution in [0.4, 0.5) is 0 Å². The van der Waals surface area contributed by atoms with Crippen LogP contribution in [0.2, 0.25) is 0 Å². The second-order valence-corrected chi connectivity index (χ2v) is 10.4. The van der Waals surface area contributed by atoms with Crippen LogP contribution in [0.25, 0.3) is 10.9 Å². The Morgan fingerprint density at radius 1 is 1.13 bits per heavy atom. The summed E-state index contributed by atoms with van der Waals surface area (Å²) in [4.78, 5) is 34.8.